The molecule has 1 saturated carbocycles. The van der Waals surface area contributed by atoms with E-state index in [-0.39, 0.29) is 6.04 Å². The quantitative estimate of drug-likeness (QED) is 0.906. The van der Waals surface area contributed by atoms with Gasteiger partial charge in [-0.1, -0.05) is 11.6 Å². The summed E-state index contributed by atoms with van der Waals surface area (Å²) in [5.74, 6) is 2.39. The zero-order valence-corrected chi connectivity index (χ0v) is 12.9. The molecular weight excluding hydrogens is 280 g/mol. The number of hydrogen-bond donors (Lipinski definition) is 1. The highest BCUT2D eigenvalue weighted by molar-refractivity contribution is 5.13. The van der Waals surface area contributed by atoms with Crippen LogP contribution in [-0.2, 0) is 13.6 Å². The van der Waals surface area contributed by atoms with Gasteiger partial charge in [0.25, 0.3) is 0 Å². The normalized spacial score (nSPS) is 26.5. The summed E-state index contributed by atoms with van der Waals surface area (Å²) in [7, 11) is 2.02. The van der Waals surface area contributed by atoms with Crippen molar-refractivity contribution in [3.05, 3.63) is 29.9 Å². The first-order valence-corrected chi connectivity index (χ1v) is 7.97. The Morgan fingerprint density at radius 3 is 2.91 bits per heavy atom. The van der Waals surface area contributed by atoms with Gasteiger partial charge in [0, 0.05) is 49.9 Å². The first-order valence-electron chi connectivity index (χ1n) is 7.97. The third-order valence-electron chi connectivity index (χ3n) is 4.98. The first kappa shape index (κ1) is 13.9. The van der Waals surface area contributed by atoms with Crippen LogP contribution in [0.4, 0.5) is 0 Å². The molecule has 2 fully saturated rings. The second kappa shape index (κ2) is 5.48. The molecule has 1 aliphatic heterocycles. The number of imidazole rings is 1. The number of nitrogens with two attached hydrogens (primary N) is 1. The molecule has 2 aromatic rings. The van der Waals surface area contributed by atoms with Gasteiger partial charge < -0.3 is 14.8 Å². The molecule has 0 radical (unpaired) electrons. The summed E-state index contributed by atoms with van der Waals surface area (Å²) in [5, 5.41) is 4.13. The van der Waals surface area contributed by atoms with Gasteiger partial charge in [-0.3, -0.25) is 4.90 Å². The van der Waals surface area contributed by atoms with Crippen LogP contribution in [0, 0.1) is 0 Å². The van der Waals surface area contributed by atoms with E-state index in [0.717, 1.165) is 24.8 Å². The number of hydrogen-bond acceptors (Lipinski definition) is 6. The van der Waals surface area contributed by atoms with Crippen LogP contribution in [0.3, 0.4) is 0 Å². The van der Waals surface area contributed by atoms with Crippen LogP contribution < -0.4 is 5.73 Å². The van der Waals surface area contributed by atoms with Crippen molar-refractivity contribution in [3.8, 4) is 0 Å². The molecule has 3 heterocycles. The summed E-state index contributed by atoms with van der Waals surface area (Å²) in [4.78, 5) is 11.0. The Hall–Kier alpha value is -1.73. The molecule has 0 aromatic carbocycles. The summed E-state index contributed by atoms with van der Waals surface area (Å²) >= 11 is 0. The standard InChI is InChI=1S/C15H22N6O/c1-20-9-17-5-13(20)11-6-21(7-12(11)16)8-14-18-15(22-19-14)10-3-2-4-10/h5,9-12H,2-4,6-8,16H2,1H3/t11-,12-/m1/s1. The lowest BCUT2D eigenvalue weighted by Gasteiger charge is -2.20. The van der Waals surface area contributed by atoms with Gasteiger partial charge in [0.05, 0.1) is 12.9 Å². The SMILES string of the molecule is Cn1cncc1[C@@H]1CN(Cc2noc(C3CCC3)n2)C[C@H]1N. The Labute approximate surface area is 129 Å². The van der Waals surface area contributed by atoms with Gasteiger partial charge in [0.15, 0.2) is 5.82 Å². The van der Waals surface area contributed by atoms with Crippen LogP contribution in [0.1, 0.15) is 48.5 Å². The minimum absolute atomic E-state index is 0.119. The minimum atomic E-state index is 0.119. The second-order valence-electron chi connectivity index (χ2n) is 6.57. The number of aromatic nitrogens is 4. The van der Waals surface area contributed by atoms with Crippen molar-refractivity contribution in [2.24, 2.45) is 12.8 Å². The van der Waals surface area contributed by atoms with Crippen LogP contribution in [0.2, 0.25) is 0 Å². The van der Waals surface area contributed by atoms with E-state index >= 15 is 0 Å². The molecule has 2 N–H and O–H groups in total. The molecule has 118 valence electrons. The molecule has 0 amide bonds. The molecule has 7 heteroatoms. The fourth-order valence-corrected chi connectivity index (χ4v) is 3.43. The third-order valence-corrected chi connectivity index (χ3v) is 4.98. The van der Waals surface area contributed by atoms with E-state index in [1.54, 1.807) is 0 Å². The van der Waals surface area contributed by atoms with Crippen molar-refractivity contribution in [1.29, 1.82) is 0 Å². The Morgan fingerprint density at radius 1 is 1.36 bits per heavy atom. The van der Waals surface area contributed by atoms with E-state index in [4.69, 9.17) is 10.3 Å². The summed E-state index contributed by atoms with van der Waals surface area (Å²) in [5.41, 5.74) is 7.51. The zero-order chi connectivity index (χ0) is 15.1. The van der Waals surface area contributed by atoms with Gasteiger partial charge in [-0.05, 0) is 12.8 Å². The van der Waals surface area contributed by atoms with Crippen LogP contribution >= 0.6 is 0 Å². The average Bonchev–Trinajstić information content (AvgIpc) is 3.10. The first-order chi connectivity index (χ1) is 10.7. The maximum absolute atomic E-state index is 6.32. The van der Waals surface area contributed by atoms with E-state index in [2.05, 4.69) is 24.6 Å². The van der Waals surface area contributed by atoms with Crippen molar-refractivity contribution in [2.45, 2.75) is 43.7 Å². The molecule has 2 aliphatic rings. The van der Waals surface area contributed by atoms with Crippen LogP contribution in [0.25, 0.3) is 0 Å². The Balaban J connectivity index is 1.42. The molecular formula is C15H22N6O. The molecule has 0 bridgehead atoms. The van der Waals surface area contributed by atoms with Gasteiger partial charge in [0.2, 0.25) is 5.89 Å². The maximum Gasteiger partial charge on any atom is 0.229 e. The lowest BCUT2D eigenvalue weighted by atomic mass is 9.85. The lowest BCUT2D eigenvalue weighted by Crippen LogP contribution is -2.29. The number of nitrogens with zero attached hydrogens (tertiary/aromatic N) is 5. The highest BCUT2D eigenvalue weighted by Gasteiger charge is 2.34. The fourth-order valence-electron chi connectivity index (χ4n) is 3.43. The summed E-state index contributed by atoms with van der Waals surface area (Å²) in [6, 6.07) is 0.119. The smallest absolute Gasteiger partial charge is 0.229 e. The molecule has 7 nitrogen and oxygen atoms in total. The topological polar surface area (TPSA) is 86.0 Å². The highest BCUT2D eigenvalue weighted by Crippen LogP contribution is 2.35. The second-order valence-corrected chi connectivity index (χ2v) is 6.57. The van der Waals surface area contributed by atoms with Crippen molar-refractivity contribution < 1.29 is 4.52 Å². The van der Waals surface area contributed by atoms with Gasteiger partial charge in [-0.2, -0.15) is 4.98 Å². The van der Waals surface area contributed by atoms with Crippen LogP contribution in [0.5, 0.6) is 0 Å². The van der Waals surface area contributed by atoms with E-state index in [1.165, 1.54) is 25.0 Å². The predicted octanol–water partition coefficient (Wildman–Crippen LogP) is 0.997. The molecule has 22 heavy (non-hydrogen) atoms. The molecule has 1 aliphatic carbocycles. The minimum Gasteiger partial charge on any atom is -0.339 e. The summed E-state index contributed by atoms with van der Waals surface area (Å²) in [6.45, 7) is 2.47. The van der Waals surface area contributed by atoms with E-state index in [9.17, 15) is 0 Å². The Bertz CT molecular complexity index is 646. The molecule has 2 atom stereocenters. The van der Waals surface area contributed by atoms with Crippen LogP contribution in [-0.4, -0.2) is 43.7 Å². The molecule has 2 aromatic heterocycles. The highest BCUT2D eigenvalue weighted by atomic mass is 16.5. The lowest BCUT2D eigenvalue weighted by molar-refractivity contribution is 0.282. The van der Waals surface area contributed by atoms with Crippen molar-refractivity contribution in [2.75, 3.05) is 13.1 Å². The van der Waals surface area contributed by atoms with Gasteiger partial charge in [-0.15, -0.1) is 0 Å². The van der Waals surface area contributed by atoms with Gasteiger partial charge in [-0.25, -0.2) is 4.98 Å². The third kappa shape index (κ3) is 2.44. The van der Waals surface area contributed by atoms with Crippen molar-refractivity contribution in [3.63, 3.8) is 0 Å². The number of likely N-dealkylation sites (tertiary alicyclic amines) is 1. The fraction of sp³-hybridized carbons (Fsp3) is 0.667. The maximum atomic E-state index is 6.32. The largest absolute Gasteiger partial charge is 0.339 e. The van der Waals surface area contributed by atoms with Crippen molar-refractivity contribution in [1.82, 2.24) is 24.6 Å². The van der Waals surface area contributed by atoms with E-state index < -0.39 is 0 Å². The van der Waals surface area contributed by atoms with E-state index in [0.29, 0.717) is 18.4 Å². The molecule has 0 spiro atoms. The van der Waals surface area contributed by atoms with Crippen molar-refractivity contribution >= 4 is 0 Å². The Kier molecular flexibility index (Phi) is 3.46. The number of rotatable bonds is 4. The van der Waals surface area contributed by atoms with Crippen LogP contribution in [0.15, 0.2) is 17.0 Å². The monoisotopic (exact) mass is 302 g/mol. The predicted molar refractivity (Wildman–Crippen MR) is 80.1 cm³/mol. The average molecular weight is 302 g/mol. The molecule has 0 unspecified atom stereocenters. The van der Waals surface area contributed by atoms with Gasteiger partial charge >= 0.3 is 0 Å². The number of aryl methyl sites for hydroxylation is 1. The van der Waals surface area contributed by atoms with Gasteiger partial charge in [0.1, 0.15) is 0 Å². The summed E-state index contributed by atoms with van der Waals surface area (Å²) in [6.07, 6.45) is 7.37. The zero-order valence-electron chi connectivity index (χ0n) is 12.9. The summed E-state index contributed by atoms with van der Waals surface area (Å²) < 4.78 is 7.44. The Morgan fingerprint density at radius 2 is 2.23 bits per heavy atom. The van der Waals surface area contributed by atoms with E-state index in [1.807, 2.05) is 19.6 Å². The molecule has 4 rings (SSSR count). The molecule has 1 saturated heterocycles.